The second-order valence-corrected chi connectivity index (χ2v) is 8.71. The number of benzene rings is 1. The Labute approximate surface area is 154 Å². The summed E-state index contributed by atoms with van der Waals surface area (Å²) in [6, 6.07) is 4.76. The van der Waals surface area contributed by atoms with Gasteiger partial charge in [-0.1, -0.05) is 19.3 Å². The Morgan fingerprint density at radius 3 is 2.62 bits per heavy atom. The summed E-state index contributed by atoms with van der Waals surface area (Å²) >= 11 is 0. The van der Waals surface area contributed by atoms with Crippen LogP contribution in [-0.4, -0.2) is 51.5 Å². The molecule has 2 fully saturated rings. The maximum Gasteiger partial charge on any atom is 0.255 e. The summed E-state index contributed by atoms with van der Waals surface area (Å²) in [5.74, 6) is -0.000113. The van der Waals surface area contributed by atoms with Crippen LogP contribution < -0.4 is 15.2 Å². The molecule has 144 valence electrons. The number of rotatable bonds is 5. The number of sulfonamides is 1. The molecular formula is C18H27N3O4S. The third kappa shape index (κ3) is 4.36. The second kappa shape index (κ2) is 7.94. The highest BCUT2D eigenvalue weighted by atomic mass is 32.2. The molecule has 0 radical (unpaired) electrons. The highest BCUT2D eigenvalue weighted by Crippen LogP contribution is 2.26. The number of ether oxygens (including phenoxy) is 1. The van der Waals surface area contributed by atoms with E-state index >= 15 is 0 Å². The molecule has 0 aromatic heterocycles. The number of hydrogen-bond acceptors (Lipinski definition) is 5. The molecule has 3 N–H and O–H groups in total. The van der Waals surface area contributed by atoms with Gasteiger partial charge in [-0.3, -0.25) is 9.69 Å². The van der Waals surface area contributed by atoms with Gasteiger partial charge >= 0.3 is 0 Å². The van der Waals surface area contributed by atoms with Crippen molar-refractivity contribution in [3.8, 4) is 5.75 Å². The zero-order chi connectivity index (χ0) is 18.7. The van der Waals surface area contributed by atoms with Gasteiger partial charge in [0.1, 0.15) is 5.75 Å². The monoisotopic (exact) mass is 381 g/mol. The molecular weight excluding hydrogens is 354 g/mol. The van der Waals surface area contributed by atoms with Gasteiger partial charge in [0.25, 0.3) is 5.91 Å². The summed E-state index contributed by atoms with van der Waals surface area (Å²) in [5, 5.41) is 8.20. The first kappa shape index (κ1) is 19.1. The SMILES string of the molecule is COc1ccc(S(N)(=O)=O)cc1C(=O)NC1CCN(C2CCCCC2)C1. The predicted octanol–water partition coefficient (Wildman–Crippen LogP) is 1.48. The predicted molar refractivity (Wildman–Crippen MR) is 98.7 cm³/mol. The number of primary sulfonamides is 1. The topological polar surface area (TPSA) is 102 Å². The van der Waals surface area contributed by atoms with E-state index in [4.69, 9.17) is 9.88 Å². The Kier molecular flexibility index (Phi) is 5.84. The summed E-state index contributed by atoms with van der Waals surface area (Å²) in [4.78, 5) is 15.1. The molecule has 0 bridgehead atoms. The van der Waals surface area contributed by atoms with E-state index in [1.807, 2.05) is 0 Å². The fourth-order valence-corrected chi connectivity index (χ4v) is 4.53. The lowest BCUT2D eigenvalue weighted by Crippen LogP contribution is -2.40. The smallest absolute Gasteiger partial charge is 0.255 e. The van der Waals surface area contributed by atoms with Crippen molar-refractivity contribution < 1.29 is 17.9 Å². The molecule has 1 aromatic rings. The van der Waals surface area contributed by atoms with E-state index in [0.29, 0.717) is 11.8 Å². The Bertz CT molecular complexity index is 760. The van der Waals surface area contributed by atoms with Crippen LogP contribution in [0.1, 0.15) is 48.9 Å². The Hall–Kier alpha value is -1.64. The zero-order valence-corrected chi connectivity index (χ0v) is 15.9. The van der Waals surface area contributed by atoms with Gasteiger partial charge in [-0.2, -0.15) is 0 Å². The molecule has 7 nitrogen and oxygen atoms in total. The summed E-state index contributed by atoms with van der Waals surface area (Å²) in [6.07, 6.45) is 7.28. The van der Waals surface area contributed by atoms with Crippen LogP contribution in [0.4, 0.5) is 0 Å². The number of hydrogen-bond donors (Lipinski definition) is 2. The van der Waals surface area contributed by atoms with Crippen LogP contribution in [0.3, 0.4) is 0 Å². The molecule has 1 amide bonds. The number of carbonyl (C=O) groups is 1. The summed E-state index contributed by atoms with van der Waals surface area (Å²) in [6.45, 7) is 1.83. The van der Waals surface area contributed by atoms with Crippen molar-refractivity contribution >= 4 is 15.9 Å². The third-order valence-corrected chi connectivity index (χ3v) is 6.30. The summed E-state index contributed by atoms with van der Waals surface area (Å²) < 4.78 is 28.3. The molecule has 2 aliphatic rings. The minimum Gasteiger partial charge on any atom is -0.496 e. The lowest BCUT2D eigenvalue weighted by molar-refractivity contribution is 0.0931. The number of likely N-dealkylation sites (tertiary alicyclic amines) is 1. The standard InChI is InChI=1S/C18H27N3O4S/c1-25-17-8-7-15(26(19,23)24)11-16(17)18(22)20-13-9-10-21(12-13)14-5-3-2-4-6-14/h7-8,11,13-14H,2-6,9-10,12H2,1H3,(H,20,22)(H2,19,23,24). The Morgan fingerprint density at radius 2 is 1.96 bits per heavy atom. The molecule has 1 aliphatic carbocycles. The van der Waals surface area contributed by atoms with Gasteiger partial charge in [-0.05, 0) is 37.5 Å². The van der Waals surface area contributed by atoms with E-state index in [0.717, 1.165) is 19.5 Å². The molecule has 1 saturated heterocycles. The maximum absolute atomic E-state index is 12.7. The average Bonchev–Trinajstić information content (AvgIpc) is 3.09. The van der Waals surface area contributed by atoms with E-state index in [1.165, 1.54) is 57.4 Å². The number of nitrogens with one attached hydrogen (secondary N) is 1. The molecule has 1 atom stereocenters. The minimum absolute atomic E-state index is 0.0623. The molecule has 1 heterocycles. The van der Waals surface area contributed by atoms with E-state index < -0.39 is 10.0 Å². The highest BCUT2D eigenvalue weighted by molar-refractivity contribution is 7.89. The van der Waals surface area contributed by atoms with E-state index in [9.17, 15) is 13.2 Å². The molecule has 1 saturated carbocycles. The zero-order valence-electron chi connectivity index (χ0n) is 15.1. The van der Waals surface area contributed by atoms with E-state index in [-0.39, 0.29) is 22.4 Å². The molecule has 0 spiro atoms. The number of nitrogens with zero attached hydrogens (tertiary/aromatic N) is 1. The van der Waals surface area contributed by atoms with Gasteiger partial charge in [0.15, 0.2) is 0 Å². The number of nitrogens with two attached hydrogens (primary N) is 1. The third-order valence-electron chi connectivity index (χ3n) is 5.39. The first-order valence-electron chi connectivity index (χ1n) is 9.14. The van der Waals surface area contributed by atoms with Crippen molar-refractivity contribution in [3.63, 3.8) is 0 Å². The van der Waals surface area contributed by atoms with Crippen molar-refractivity contribution in [3.05, 3.63) is 23.8 Å². The van der Waals surface area contributed by atoms with E-state index in [2.05, 4.69) is 10.2 Å². The molecule has 1 aromatic carbocycles. The van der Waals surface area contributed by atoms with E-state index in [1.54, 1.807) is 0 Å². The van der Waals surface area contributed by atoms with Crippen LogP contribution in [0.5, 0.6) is 5.75 Å². The molecule has 1 unspecified atom stereocenters. The maximum atomic E-state index is 12.7. The number of methoxy groups -OCH3 is 1. The van der Waals surface area contributed by atoms with Gasteiger partial charge in [0.2, 0.25) is 10.0 Å². The molecule has 8 heteroatoms. The van der Waals surface area contributed by atoms with Crippen LogP contribution >= 0.6 is 0 Å². The quantitative estimate of drug-likeness (QED) is 0.804. The van der Waals surface area contributed by atoms with Gasteiger partial charge in [0.05, 0.1) is 17.6 Å². The lowest BCUT2D eigenvalue weighted by Gasteiger charge is -2.31. The lowest BCUT2D eigenvalue weighted by atomic mass is 9.94. The van der Waals surface area contributed by atoms with Crippen LogP contribution in [-0.2, 0) is 10.0 Å². The molecule has 26 heavy (non-hydrogen) atoms. The largest absolute Gasteiger partial charge is 0.496 e. The number of carbonyl (C=O) groups excluding carboxylic acids is 1. The average molecular weight is 381 g/mol. The Balaban J connectivity index is 1.68. The van der Waals surface area contributed by atoms with Gasteiger partial charge in [0, 0.05) is 25.2 Å². The second-order valence-electron chi connectivity index (χ2n) is 7.15. The van der Waals surface area contributed by atoms with Crippen molar-refractivity contribution in [2.45, 2.75) is 55.5 Å². The number of amides is 1. The Morgan fingerprint density at radius 1 is 1.23 bits per heavy atom. The highest BCUT2D eigenvalue weighted by Gasteiger charge is 2.30. The van der Waals surface area contributed by atoms with Crippen LogP contribution in [0, 0.1) is 0 Å². The van der Waals surface area contributed by atoms with Crippen molar-refractivity contribution in [1.29, 1.82) is 0 Å². The first-order chi connectivity index (χ1) is 12.4. The van der Waals surface area contributed by atoms with Crippen LogP contribution in [0.25, 0.3) is 0 Å². The van der Waals surface area contributed by atoms with Crippen molar-refractivity contribution in [2.75, 3.05) is 20.2 Å². The normalized spacial score (nSPS) is 22.3. The van der Waals surface area contributed by atoms with Crippen LogP contribution in [0.15, 0.2) is 23.1 Å². The first-order valence-corrected chi connectivity index (χ1v) is 10.7. The molecule has 3 rings (SSSR count). The van der Waals surface area contributed by atoms with Gasteiger partial charge < -0.3 is 10.1 Å². The fraction of sp³-hybridized carbons (Fsp3) is 0.611. The summed E-state index contributed by atoms with van der Waals surface area (Å²) in [7, 11) is -2.43. The van der Waals surface area contributed by atoms with Crippen molar-refractivity contribution in [2.24, 2.45) is 5.14 Å². The van der Waals surface area contributed by atoms with Gasteiger partial charge in [-0.15, -0.1) is 0 Å². The minimum atomic E-state index is -3.88. The van der Waals surface area contributed by atoms with Crippen LogP contribution in [0.2, 0.25) is 0 Å². The fourth-order valence-electron chi connectivity index (χ4n) is 3.99. The van der Waals surface area contributed by atoms with Crippen molar-refractivity contribution in [1.82, 2.24) is 10.2 Å². The molecule has 1 aliphatic heterocycles. The summed E-state index contributed by atoms with van der Waals surface area (Å²) in [5.41, 5.74) is 0.190. The van der Waals surface area contributed by atoms with Gasteiger partial charge in [-0.25, -0.2) is 13.6 Å².